The Morgan fingerprint density at radius 2 is 2.00 bits per heavy atom. The molecule has 1 fully saturated rings. The van der Waals surface area contributed by atoms with Crippen LogP contribution in [0.25, 0.3) is 0 Å². The molecule has 0 aromatic heterocycles. The zero-order valence-corrected chi connectivity index (χ0v) is 8.64. The first-order valence-electron chi connectivity index (χ1n) is 5.02. The van der Waals surface area contributed by atoms with Crippen molar-refractivity contribution in [1.82, 2.24) is 0 Å². The van der Waals surface area contributed by atoms with Crippen molar-refractivity contribution < 1.29 is 14.6 Å². The minimum atomic E-state index is -0.752. The van der Waals surface area contributed by atoms with E-state index in [9.17, 15) is 9.90 Å². The van der Waals surface area contributed by atoms with E-state index in [4.69, 9.17) is 4.74 Å². The predicted octanol–water partition coefficient (Wildman–Crippen LogP) is 2.24. The molecule has 1 aromatic rings. The monoisotopic (exact) mass is 206 g/mol. The topological polar surface area (TPSA) is 46.5 Å². The van der Waals surface area contributed by atoms with Crippen LogP contribution in [-0.2, 0) is 9.53 Å². The van der Waals surface area contributed by atoms with Gasteiger partial charge in [-0.15, -0.1) is 0 Å². The summed E-state index contributed by atoms with van der Waals surface area (Å²) < 4.78 is 5.34. The van der Waals surface area contributed by atoms with Crippen LogP contribution in [0, 0.1) is 5.41 Å². The van der Waals surface area contributed by atoms with Crippen LogP contribution >= 0.6 is 0 Å². The van der Waals surface area contributed by atoms with Gasteiger partial charge in [0, 0.05) is 7.11 Å². The van der Waals surface area contributed by atoms with E-state index in [0.717, 1.165) is 5.56 Å². The second-order valence-corrected chi connectivity index (χ2v) is 3.99. The molecule has 0 bridgehead atoms. The summed E-state index contributed by atoms with van der Waals surface area (Å²) in [6.07, 6.45) is 1.09. The number of rotatable bonds is 4. The van der Waals surface area contributed by atoms with Crippen LogP contribution < -0.4 is 0 Å². The molecule has 1 N–H and O–H groups in total. The zero-order valence-electron chi connectivity index (χ0n) is 8.64. The molecular weight excluding hydrogens is 192 g/mol. The standard InChI is InChI=1S/C12H14O3/c1-15-10(9-5-3-2-4-6-9)12(7-8-12)11(13)14/h2-6,10H,7-8H2,1H3,(H,13,14). The number of carbonyl (C=O) groups is 1. The van der Waals surface area contributed by atoms with Crippen molar-refractivity contribution in [3.8, 4) is 0 Å². The molecule has 0 saturated heterocycles. The molecule has 3 nitrogen and oxygen atoms in total. The van der Waals surface area contributed by atoms with E-state index in [1.807, 2.05) is 30.3 Å². The fraction of sp³-hybridized carbons (Fsp3) is 0.417. The lowest BCUT2D eigenvalue weighted by atomic mass is 9.93. The normalized spacial score (nSPS) is 19.5. The van der Waals surface area contributed by atoms with Gasteiger partial charge in [0.2, 0.25) is 0 Å². The lowest BCUT2D eigenvalue weighted by Gasteiger charge is -2.22. The molecule has 1 aliphatic rings. The van der Waals surface area contributed by atoms with Gasteiger partial charge >= 0.3 is 5.97 Å². The number of benzene rings is 1. The minimum absolute atomic E-state index is 0.323. The number of ether oxygens (including phenoxy) is 1. The highest BCUT2D eigenvalue weighted by Crippen LogP contribution is 2.56. The van der Waals surface area contributed by atoms with Crippen LogP contribution in [0.5, 0.6) is 0 Å². The molecular formula is C12H14O3. The van der Waals surface area contributed by atoms with Gasteiger partial charge in [0.15, 0.2) is 0 Å². The number of carboxylic acid groups (broad SMARTS) is 1. The van der Waals surface area contributed by atoms with Gasteiger partial charge in [-0.2, -0.15) is 0 Å². The van der Waals surface area contributed by atoms with Crippen LogP contribution in [0.4, 0.5) is 0 Å². The maximum atomic E-state index is 11.2. The van der Waals surface area contributed by atoms with Gasteiger partial charge in [0.1, 0.15) is 0 Å². The van der Waals surface area contributed by atoms with Gasteiger partial charge in [0.05, 0.1) is 11.5 Å². The molecule has 1 aromatic carbocycles. The third kappa shape index (κ3) is 1.63. The average Bonchev–Trinajstić information content (AvgIpc) is 3.02. The van der Waals surface area contributed by atoms with Crippen molar-refractivity contribution in [3.63, 3.8) is 0 Å². The highest BCUT2D eigenvalue weighted by molar-refractivity contribution is 5.79. The summed E-state index contributed by atoms with van der Waals surface area (Å²) in [6, 6.07) is 9.55. The summed E-state index contributed by atoms with van der Waals surface area (Å²) >= 11 is 0. The fourth-order valence-corrected chi connectivity index (χ4v) is 2.03. The summed E-state index contributed by atoms with van der Waals surface area (Å²) in [5, 5.41) is 9.19. The van der Waals surface area contributed by atoms with Gasteiger partial charge in [-0.1, -0.05) is 30.3 Å². The first kappa shape index (κ1) is 10.2. The van der Waals surface area contributed by atoms with E-state index in [1.54, 1.807) is 7.11 Å². The van der Waals surface area contributed by atoms with Crippen LogP contribution in [0.15, 0.2) is 30.3 Å². The zero-order chi connectivity index (χ0) is 10.9. The van der Waals surface area contributed by atoms with Crippen molar-refractivity contribution in [2.45, 2.75) is 18.9 Å². The Morgan fingerprint density at radius 3 is 2.40 bits per heavy atom. The SMILES string of the molecule is COC(c1ccccc1)C1(C(=O)O)CC1. The lowest BCUT2D eigenvalue weighted by molar-refractivity contribution is -0.149. The van der Waals surface area contributed by atoms with Gasteiger partial charge in [-0.25, -0.2) is 0 Å². The van der Waals surface area contributed by atoms with Gasteiger partial charge in [-0.05, 0) is 18.4 Å². The van der Waals surface area contributed by atoms with Crippen molar-refractivity contribution in [1.29, 1.82) is 0 Å². The lowest BCUT2D eigenvalue weighted by Crippen LogP contribution is -2.25. The first-order chi connectivity index (χ1) is 7.20. The summed E-state index contributed by atoms with van der Waals surface area (Å²) in [5.41, 5.74) is 0.260. The molecule has 80 valence electrons. The van der Waals surface area contributed by atoms with Crippen LogP contribution in [0.1, 0.15) is 24.5 Å². The first-order valence-corrected chi connectivity index (χ1v) is 5.02. The molecule has 1 unspecified atom stereocenters. The van der Waals surface area contributed by atoms with E-state index in [0.29, 0.717) is 12.8 Å². The maximum absolute atomic E-state index is 11.2. The molecule has 15 heavy (non-hydrogen) atoms. The van der Waals surface area contributed by atoms with E-state index >= 15 is 0 Å². The van der Waals surface area contributed by atoms with Crippen molar-refractivity contribution in [3.05, 3.63) is 35.9 Å². The second kappa shape index (κ2) is 3.66. The van der Waals surface area contributed by atoms with E-state index in [2.05, 4.69) is 0 Å². The van der Waals surface area contributed by atoms with Gasteiger partial charge in [-0.3, -0.25) is 4.79 Å². The quantitative estimate of drug-likeness (QED) is 0.821. The van der Waals surface area contributed by atoms with Crippen LogP contribution in [0.2, 0.25) is 0 Å². The molecule has 1 saturated carbocycles. The number of aliphatic carboxylic acids is 1. The highest BCUT2D eigenvalue weighted by Gasteiger charge is 2.57. The summed E-state index contributed by atoms with van der Waals surface area (Å²) in [4.78, 5) is 11.2. The summed E-state index contributed by atoms with van der Waals surface area (Å²) in [5.74, 6) is -0.752. The molecule has 0 heterocycles. The Labute approximate surface area is 88.7 Å². The Kier molecular flexibility index (Phi) is 2.49. The van der Waals surface area contributed by atoms with Crippen LogP contribution in [-0.4, -0.2) is 18.2 Å². The highest BCUT2D eigenvalue weighted by atomic mass is 16.5. The smallest absolute Gasteiger partial charge is 0.312 e. The summed E-state index contributed by atoms with van der Waals surface area (Å²) in [6.45, 7) is 0. The predicted molar refractivity (Wildman–Crippen MR) is 55.5 cm³/mol. The van der Waals surface area contributed by atoms with E-state index in [1.165, 1.54) is 0 Å². The molecule has 0 radical (unpaired) electrons. The Morgan fingerprint density at radius 1 is 1.40 bits per heavy atom. The second-order valence-electron chi connectivity index (χ2n) is 3.99. The van der Waals surface area contributed by atoms with Crippen molar-refractivity contribution in [2.75, 3.05) is 7.11 Å². The maximum Gasteiger partial charge on any atom is 0.312 e. The average molecular weight is 206 g/mol. The Balaban J connectivity index is 2.30. The molecule has 1 aliphatic carbocycles. The van der Waals surface area contributed by atoms with E-state index in [-0.39, 0.29) is 6.10 Å². The van der Waals surface area contributed by atoms with Crippen molar-refractivity contribution in [2.24, 2.45) is 5.41 Å². The molecule has 0 aliphatic heterocycles. The third-order valence-corrected chi connectivity index (χ3v) is 3.05. The molecule has 0 amide bonds. The third-order valence-electron chi connectivity index (χ3n) is 3.05. The molecule has 1 atom stereocenters. The number of hydrogen-bond donors (Lipinski definition) is 1. The minimum Gasteiger partial charge on any atom is -0.481 e. The van der Waals surface area contributed by atoms with Crippen molar-refractivity contribution >= 4 is 5.97 Å². The molecule has 3 heteroatoms. The van der Waals surface area contributed by atoms with Gasteiger partial charge in [0.25, 0.3) is 0 Å². The van der Waals surface area contributed by atoms with Crippen LogP contribution in [0.3, 0.4) is 0 Å². The number of carboxylic acids is 1. The van der Waals surface area contributed by atoms with Gasteiger partial charge < -0.3 is 9.84 Å². The summed E-state index contributed by atoms with van der Waals surface area (Å²) in [7, 11) is 1.57. The Hall–Kier alpha value is -1.35. The number of hydrogen-bond acceptors (Lipinski definition) is 2. The molecule has 0 spiro atoms. The largest absolute Gasteiger partial charge is 0.481 e. The van der Waals surface area contributed by atoms with E-state index < -0.39 is 11.4 Å². The number of methoxy groups -OCH3 is 1. The molecule has 2 rings (SSSR count). The fourth-order valence-electron chi connectivity index (χ4n) is 2.03. The Bertz CT molecular complexity index is 354.